The van der Waals surface area contributed by atoms with Crippen LogP contribution in [0.15, 0.2) is 176 Å². The molecule has 0 N–H and O–H groups in total. The fourth-order valence-electron chi connectivity index (χ4n) is 5.75. The van der Waals surface area contributed by atoms with E-state index in [4.69, 9.17) is 0 Å². The molecule has 0 fully saturated rings. The summed E-state index contributed by atoms with van der Waals surface area (Å²) in [5, 5.41) is 0. The van der Waals surface area contributed by atoms with E-state index >= 15 is 0 Å². The van der Waals surface area contributed by atoms with Gasteiger partial charge in [-0.1, -0.05) is 125 Å². The summed E-state index contributed by atoms with van der Waals surface area (Å²) in [4.78, 5) is 5.52. The van der Waals surface area contributed by atoms with Gasteiger partial charge in [0.25, 0.3) is 0 Å². The van der Waals surface area contributed by atoms with Crippen LogP contribution in [0, 0.1) is 0 Å². The molecule has 0 nitrogen and oxygen atoms in total. The van der Waals surface area contributed by atoms with E-state index in [9.17, 15) is 0 Å². The fourth-order valence-corrected chi connectivity index (χ4v) is 10.5. The van der Waals surface area contributed by atoms with Gasteiger partial charge in [-0.2, -0.15) is 0 Å². The Morgan fingerprint density at radius 1 is 0.368 bits per heavy atom. The smallest absolute Gasteiger partial charge is 0.0186 e. The maximum absolute atomic E-state index is 3.81. The molecular formula is C36H25BrS. The van der Waals surface area contributed by atoms with Crippen molar-refractivity contribution >= 4 is 26.0 Å². The lowest BCUT2D eigenvalue weighted by Gasteiger charge is -2.39. The quantitative estimate of drug-likeness (QED) is 0.198. The zero-order chi connectivity index (χ0) is 25.5. The van der Waals surface area contributed by atoms with E-state index in [-0.39, 0.29) is 0 Å². The molecule has 0 aromatic heterocycles. The van der Waals surface area contributed by atoms with Gasteiger partial charge in [-0.05, 0) is 75.8 Å². The van der Waals surface area contributed by atoms with Crippen molar-refractivity contribution in [3.05, 3.63) is 156 Å². The van der Waals surface area contributed by atoms with Gasteiger partial charge in [-0.25, -0.2) is 0 Å². The molecule has 2 heteroatoms. The van der Waals surface area contributed by atoms with Crippen LogP contribution >= 0.6 is 26.0 Å². The van der Waals surface area contributed by atoms with Crippen molar-refractivity contribution in [1.82, 2.24) is 0 Å². The molecular weight excluding hydrogens is 544 g/mol. The Morgan fingerprint density at radius 3 is 1.45 bits per heavy atom. The van der Waals surface area contributed by atoms with Gasteiger partial charge in [-0.3, -0.25) is 0 Å². The van der Waals surface area contributed by atoms with Crippen LogP contribution in [0.5, 0.6) is 0 Å². The largest absolute Gasteiger partial charge is 0.132 e. The predicted octanol–water partition coefficient (Wildman–Crippen LogP) is 11.1. The molecule has 7 rings (SSSR count). The van der Waals surface area contributed by atoms with E-state index in [1.807, 2.05) is 0 Å². The molecule has 6 aromatic carbocycles. The van der Waals surface area contributed by atoms with Gasteiger partial charge < -0.3 is 0 Å². The number of hydrogen-bond acceptors (Lipinski definition) is 0. The van der Waals surface area contributed by atoms with Gasteiger partial charge in [0.15, 0.2) is 0 Å². The minimum atomic E-state index is -1.70. The Kier molecular flexibility index (Phi) is 5.80. The van der Waals surface area contributed by atoms with Crippen molar-refractivity contribution in [3.63, 3.8) is 0 Å². The van der Waals surface area contributed by atoms with Crippen molar-refractivity contribution in [1.29, 1.82) is 0 Å². The summed E-state index contributed by atoms with van der Waals surface area (Å²) >= 11 is 3.81. The fraction of sp³-hybridized carbons (Fsp3) is 0. The van der Waals surface area contributed by atoms with Gasteiger partial charge >= 0.3 is 0 Å². The van der Waals surface area contributed by atoms with Crippen molar-refractivity contribution in [3.8, 4) is 33.4 Å². The Morgan fingerprint density at radius 2 is 0.842 bits per heavy atom. The number of hydrogen-bond donors (Lipinski definition) is 0. The minimum absolute atomic E-state index is 1.11. The minimum Gasteiger partial charge on any atom is -0.132 e. The molecule has 0 amide bonds. The van der Waals surface area contributed by atoms with Crippen LogP contribution in [0.25, 0.3) is 33.4 Å². The van der Waals surface area contributed by atoms with Crippen LogP contribution in [0.2, 0.25) is 0 Å². The average Bonchev–Trinajstić information content (AvgIpc) is 3.28. The molecule has 0 bridgehead atoms. The molecule has 38 heavy (non-hydrogen) atoms. The maximum atomic E-state index is 3.81. The van der Waals surface area contributed by atoms with Crippen molar-refractivity contribution in [2.24, 2.45) is 0 Å². The molecule has 1 aliphatic rings. The summed E-state index contributed by atoms with van der Waals surface area (Å²) in [5.41, 5.74) is 7.66. The summed E-state index contributed by atoms with van der Waals surface area (Å²) in [6.45, 7) is 0. The molecule has 0 unspecified atom stereocenters. The normalized spacial score (nSPS) is 13.9. The first-order valence-electron chi connectivity index (χ1n) is 12.8. The lowest BCUT2D eigenvalue weighted by Crippen LogP contribution is -2.02. The standard InChI is InChI=1S/C36H25BrS/c37-28-21-23-34-33-22-20-27(32-19-11-10-18-31(32)26-12-4-1-5-13-26)24-35(33)38(36(34)25-28,29-14-6-2-7-15-29)30-16-8-3-9-17-30/h1-25H. The van der Waals surface area contributed by atoms with Gasteiger partial charge in [-0.15, -0.1) is 10.0 Å². The highest BCUT2D eigenvalue weighted by Crippen LogP contribution is 2.80. The topological polar surface area (TPSA) is 0 Å². The zero-order valence-electron chi connectivity index (χ0n) is 20.7. The SMILES string of the molecule is Brc1ccc2c(c1)S(c1ccccc1)(c1ccccc1)c1cc(-c3ccccc3-c3ccccc3)ccc1-2. The third-order valence-electron chi connectivity index (χ3n) is 7.39. The highest BCUT2D eigenvalue weighted by molar-refractivity contribution is 9.10. The van der Waals surface area contributed by atoms with Gasteiger partial charge in [0, 0.05) is 24.1 Å². The lowest BCUT2D eigenvalue weighted by molar-refractivity contribution is 1.29. The molecule has 0 spiro atoms. The molecule has 0 aliphatic carbocycles. The lowest BCUT2D eigenvalue weighted by atomic mass is 9.93. The Balaban J connectivity index is 1.56. The second-order valence-corrected chi connectivity index (χ2v) is 13.5. The van der Waals surface area contributed by atoms with Crippen LogP contribution in [-0.2, 0) is 0 Å². The molecule has 0 radical (unpaired) electrons. The first kappa shape index (κ1) is 23.3. The number of fused-ring (bicyclic) bond motifs is 3. The van der Waals surface area contributed by atoms with E-state index in [0.717, 1.165) is 4.47 Å². The highest BCUT2D eigenvalue weighted by atomic mass is 79.9. The first-order chi connectivity index (χ1) is 18.8. The average molecular weight is 570 g/mol. The maximum Gasteiger partial charge on any atom is 0.0186 e. The molecule has 1 heterocycles. The number of halogens is 1. The van der Waals surface area contributed by atoms with Gasteiger partial charge in [0.1, 0.15) is 0 Å². The Labute approximate surface area is 234 Å². The molecule has 0 atom stereocenters. The predicted molar refractivity (Wildman–Crippen MR) is 164 cm³/mol. The molecule has 0 saturated carbocycles. The van der Waals surface area contributed by atoms with E-state index < -0.39 is 10.0 Å². The molecule has 182 valence electrons. The Hall–Kier alpha value is -3.85. The van der Waals surface area contributed by atoms with Crippen molar-refractivity contribution in [2.45, 2.75) is 19.6 Å². The van der Waals surface area contributed by atoms with Crippen molar-refractivity contribution in [2.75, 3.05) is 0 Å². The third-order valence-corrected chi connectivity index (χ3v) is 11.8. The van der Waals surface area contributed by atoms with Gasteiger partial charge in [0.2, 0.25) is 0 Å². The summed E-state index contributed by atoms with van der Waals surface area (Å²) < 4.78 is 1.11. The van der Waals surface area contributed by atoms with Crippen LogP contribution in [0.3, 0.4) is 0 Å². The van der Waals surface area contributed by atoms with E-state index in [0.29, 0.717) is 0 Å². The summed E-state index contributed by atoms with van der Waals surface area (Å²) in [7, 11) is -1.70. The molecule has 0 saturated heterocycles. The third kappa shape index (κ3) is 3.60. The molecule has 6 aromatic rings. The first-order valence-corrected chi connectivity index (χ1v) is 15.2. The van der Waals surface area contributed by atoms with Gasteiger partial charge in [0.05, 0.1) is 0 Å². The van der Waals surface area contributed by atoms with Crippen LogP contribution in [-0.4, -0.2) is 0 Å². The Bertz CT molecular complexity index is 1720. The monoisotopic (exact) mass is 568 g/mol. The van der Waals surface area contributed by atoms with Crippen molar-refractivity contribution < 1.29 is 0 Å². The second-order valence-electron chi connectivity index (χ2n) is 9.50. The van der Waals surface area contributed by atoms with E-state index in [1.165, 1.54) is 53.0 Å². The van der Waals surface area contributed by atoms with Crippen LogP contribution in [0.4, 0.5) is 0 Å². The number of benzene rings is 6. The summed E-state index contributed by atoms with van der Waals surface area (Å²) in [6, 6.07) is 55.6. The van der Waals surface area contributed by atoms with Crippen LogP contribution in [0.1, 0.15) is 0 Å². The molecule has 1 aliphatic heterocycles. The second kappa shape index (κ2) is 9.47. The summed E-state index contributed by atoms with van der Waals surface area (Å²) in [6.07, 6.45) is 0. The highest BCUT2D eigenvalue weighted by Gasteiger charge is 2.42. The zero-order valence-corrected chi connectivity index (χ0v) is 23.1. The van der Waals surface area contributed by atoms with Crippen LogP contribution < -0.4 is 0 Å². The summed E-state index contributed by atoms with van der Waals surface area (Å²) in [5.74, 6) is 0. The van der Waals surface area contributed by atoms with E-state index in [1.54, 1.807) is 0 Å². The van der Waals surface area contributed by atoms with E-state index in [2.05, 4.69) is 168 Å². The number of rotatable bonds is 4.